The molecule has 0 aliphatic heterocycles. The predicted octanol–water partition coefficient (Wildman–Crippen LogP) is 1.65. The molecule has 0 aliphatic carbocycles. The van der Waals surface area contributed by atoms with Gasteiger partial charge in [0, 0.05) is 18.3 Å². The van der Waals surface area contributed by atoms with Gasteiger partial charge in [-0.25, -0.2) is 0 Å². The van der Waals surface area contributed by atoms with E-state index in [-0.39, 0.29) is 30.7 Å². The summed E-state index contributed by atoms with van der Waals surface area (Å²) in [6, 6.07) is 14.2. The minimum absolute atomic E-state index is 0.0734. The molecular formula is C19H21N3O3. The number of hydrogen-bond acceptors (Lipinski definition) is 3. The summed E-state index contributed by atoms with van der Waals surface area (Å²) >= 11 is 0. The summed E-state index contributed by atoms with van der Waals surface area (Å²) in [5.41, 5.74) is 2.86. The van der Waals surface area contributed by atoms with Crippen molar-refractivity contribution >= 4 is 23.4 Å². The van der Waals surface area contributed by atoms with Gasteiger partial charge >= 0.3 is 0 Å². The van der Waals surface area contributed by atoms with Crippen LogP contribution in [-0.2, 0) is 16.0 Å². The van der Waals surface area contributed by atoms with E-state index in [1.165, 1.54) is 0 Å². The molecule has 0 heterocycles. The Morgan fingerprint density at radius 1 is 0.920 bits per heavy atom. The third-order valence-corrected chi connectivity index (χ3v) is 3.68. The molecule has 2 rings (SSSR count). The molecular weight excluding hydrogens is 318 g/mol. The van der Waals surface area contributed by atoms with Gasteiger partial charge in [0.1, 0.15) is 0 Å². The van der Waals surface area contributed by atoms with Crippen molar-refractivity contribution < 1.29 is 14.4 Å². The fraction of sp³-hybridized carbons (Fsp3) is 0.211. The highest BCUT2D eigenvalue weighted by Crippen LogP contribution is 2.10. The van der Waals surface area contributed by atoms with Crippen molar-refractivity contribution in [1.82, 2.24) is 10.6 Å². The summed E-state index contributed by atoms with van der Waals surface area (Å²) < 4.78 is 0. The maximum atomic E-state index is 12.1. The van der Waals surface area contributed by atoms with E-state index < -0.39 is 0 Å². The third-order valence-electron chi connectivity index (χ3n) is 3.68. The van der Waals surface area contributed by atoms with Crippen LogP contribution in [0.3, 0.4) is 0 Å². The number of nitrogens with one attached hydrogen (secondary N) is 3. The summed E-state index contributed by atoms with van der Waals surface area (Å²) in [7, 11) is 1.59. The largest absolute Gasteiger partial charge is 0.359 e. The van der Waals surface area contributed by atoms with Crippen LogP contribution in [-0.4, -0.2) is 31.3 Å². The van der Waals surface area contributed by atoms with Crippen LogP contribution >= 0.6 is 0 Å². The Balaban J connectivity index is 1.85. The Labute approximate surface area is 146 Å². The molecule has 0 bridgehead atoms. The van der Waals surface area contributed by atoms with Gasteiger partial charge in [-0.1, -0.05) is 30.3 Å². The van der Waals surface area contributed by atoms with Crippen molar-refractivity contribution in [3.63, 3.8) is 0 Å². The fourth-order valence-corrected chi connectivity index (χ4v) is 2.27. The summed E-state index contributed by atoms with van der Waals surface area (Å²) in [6.07, 6.45) is 0.289. The van der Waals surface area contributed by atoms with Crippen molar-refractivity contribution in [3.05, 3.63) is 65.2 Å². The lowest BCUT2D eigenvalue weighted by Crippen LogP contribution is -2.33. The van der Waals surface area contributed by atoms with E-state index in [1.54, 1.807) is 43.4 Å². The molecule has 3 N–H and O–H groups in total. The first kappa shape index (κ1) is 18.2. The maximum Gasteiger partial charge on any atom is 0.251 e. The van der Waals surface area contributed by atoms with E-state index in [4.69, 9.17) is 0 Å². The van der Waals surface area contributed by atoms with Gasteiger partial charge in [-0.05, 0) is 36.2 Å². The van der Waals surface area contributed by atoms with E-state index in [0.717, 1.165) is 11.1 Å². The van der Waals surface area contributed by atoms with Crippen molar-refractivity contribution in [2.24, 2.45) is 0 Å². The number of likely N-dealkylation sites (N-methyl/N-ethyl adjacent to an activating group) is 1. The van der Waals surface area contributed by atoms with Gasteiger partial charge in [-0.15, -0.1) is 0 Å². The lowest BCUT2D eigenvalue weighted by Gasteiger charge is -2.09. The van der Waals surface area contributed by atoms with Crippen LogP contribution in [0, 0.1) is 6.92 Å². The summed E-state index contributed by atoms with van der Waals surface area (Å²) in [6.45, 7) is 1.72. The van der Waals surface area contributed by atoms with Gasteiger partial charge < -0.3 is 16.0 Å². The highest BCUT2D eigenvalue weighted by atomic mass is 16.2. The number of rotatable bonds is 6. The van der Waals surface area contributed by atoms with E-state index in [9.17, 15) is 14.4 Å². The predicted molar refractivity (Wildman–Crippen MR) is 96.4 cm³/mol. The summed E-state index contributed by atoms with van der Waals surface area (Å²) in [5.74, 6) is -0.675. The monoisotopic (exact) mass is 339 g/mol. The molecule has 2 aromatic rings. The van der Waals surface area contributed by atoms with Gasteiger partial charge in [0.2, 0.25) is 11.8 Å². The number of carbonyl (C=O) groups is 3. The molecule has 0 saturated heterocycles. The smallest absolute Gasteiger partial charge is 0.251 e. The number of amides is 3. The topological polar surface area (TPSA) is 87.3 Å². The van der Waals surface area contributed by atoms with Crippen LogP contribution < -0.4 is 16.0 Å². The molecule has 3 amide bonds. The Kier molecular flexibility index (Phi) is 6.28. The van der Waals surface area contributed by atoms with Gasteiger partial charge in [-0.2, -0.15) is 0 Å². The minimum Gasteiger partial charge on any atom is -0.359 e. The normalized spacial score (nSPS) is 10.0. The van der Waals surface area contributed by atoms with E-state index in [1.807, 2.05) is 19.1 Å². The van der Waals surface area contributed by atoms with Crippen LogP contribution in [0.1, 0.15) is 21.5 Å². The van der Waals surface area contributed by atoms with Crippen molar-refractivity contribution in [1.29, 1.82) is 0 Å². The highest BCUT2D eigenvalue weighted by molar-refractivity contribution is 6.00. The highest BCUT2D eigenvalue weighted by Gasteiger charge is 2.10. The second-order valence-electron chi connectivity index (χ2n) is 5.59. The first-order valence-electron chi connectivity index (χ1n) is 7.93. The molecule has 0 fully saturated rings. The second kappa shape index (κ2) is 8.63. The number of aryl methyl sites for hydroxylation is 1. The van der Waals surface area contributed by atoms with Crippen LogP contribution in [0.5, 0.6) is 0 Å². The quantitative estimate of drug-likeness (QED) is 0.748. The maximum absolute atomic E-state index is 12.1. The number of anilines is 1. The molecule has 25 heavy (non-hydrogen) atoms. The average Bonchev–Trinajstić information content (AvgIpc) is 2.61. The molecule has 0 spiro atoms. The molecule has 0 aliphatic rings. The average molecular weight is 339 g/mol. The van der Waals surface area contributed by atoms with Gasteiger partial charge in [0.05, 0.1) is 13.0 Å². The molecule has 2 aromatic carbocycles. The van der Waals surface area contributed by atoms with E-state index in [2.05, 4.69) is 16.0 Å². The van der Waals surface area contributed by atoms with Gasteiger partial charge in [0.25, 0.3) is 5.91 Å². The van der Waals surface area contributed by atoms with Crippen molar-refractivity contribution in [2.45, 2.75) is 13.3 Å². The number of benzene rings is 2. The van der Waals surface area contributed by atoms with Crippen LogP contribution in [0.25, 0.3) is 0 Å². The zero-order valence-corrected chi connectivity index (χ0v) is 14.3. The summed E-state index contributed by atoms with van der Waals surface area (Å²) in [5, 5.41) is 7.86. The Morgan fingerprint density at radius 2 is 1.60 bits per heavy atom. The first-order chi connectivity index (χ1) is 12.0. The van der Waals surface area contributed by atoms with Crippen LogP contribution in [0.15, 0.2) is 48.5 Å². The van der Waals surface area contributed by atoms with Gasteiger partial charge in [-0.3, -0.25) is 14.4 Å². The van der Waals surface area contributed by atoms with E-state index >= 15 is 0 Å². The van der Waals surface area contributed by atoms with Crippen LogP contribution in [0.4, 0.5) is 5.69 Å². The summed E-state index contributed by atoms with van der Waals surface area (Å²) in [4.78, 5) is 35.3. The Morgan fingerprint density at radius 3 is 2.24 bits per heavy atom. The lowest BCUT2D eigenvalue weighted by molar-refractivity contribution is -0.120. The van der Waals surface area contributed by atoms with Crippen molar-refractivity contribution in [3.8, 4) is 0 Å². The standard InChI is InChI=1S/C19H21N3O3/c1-13-5-3-4-6-16(13)19(25)21-12-18(24)22-15-9-7-14(8-10-15)11-17(23)20-2/h3-10H,11-12H2,1-2H3,(H,20,23)(H,21,25)(H,22,24). The first-order valence-corrected chi connectivity index (χ1v) is 7.93. The SMILES string of the molecule is CNC(=O)Cc1ccc(NC(=O)CNC(=O)c2ccccc2C)cc1. The molecule has 0 saturated carbocycles. The number of hydrogen-bond donors (Lipinski definition) is 3. The molecule has 6 heteroatoms. The molecule has 0 unspecified atom stereocenters. The van der Waals surface area contributed by atoms with Gasteiger partial charge in [0.15, 0.2) is 0 Å². The lowest BCUT2D eigenvalue weighted by atomic mass is 10.1. The zero-order chi connectivity index (χ0) is 18.2. The molecule has 6 nitrogen and oxygen atoms in total. The number of carbonyl (C=O) groups excluding carboxylic acids is 3. The second-order valence-corrected chi connectivity index (χ2v) is 5.59. The van der Waals surface area contributed by atoms with Crippen molar-refractivity contribution in [2.75, 3.05) is 18.9 Å². The molecule has 0 radical (unpaired) electrons. The Hall–Kier alpha value is -3.15. The molecule has 130 valence electrons. The van der Waals surface area contributed by atoms with E-state index in [0.29, 0.717) is 11.3 Å². The van der Waals surface area contributed by atoms with Crippen LogP contribution in [0.2, 0.25) is 0 Å². The minimum atomic E-state index is -0.319. The fourth-order valence-electron chi connectivity index (χ4n) is 2.27. The molecule has 0 aromatic heterocycles. The molecule has 0 atom stereocenters. The Bertz CT molecular complexity index is 770. The third kappa shape index (κ3) is 5.46. The zero-order valence-electron chi connectivity index (χ0n) is 14.3.